The molecule has 0 N–H and O–H groups in total. The van der Waals surface area contributed by atoms with E-state index in [1.807, 2.05) is 66.2 Å². The average Bonchev–Trinajstić information content (AvgIpc) is 3.43. The summed E-state index contributed by atoms with van der Waals surface area (Å²) in [6, 6.07) is 15.5. The maximum atomic E-state index is 5.46. The summed E-state index contributed by atoms with van der Waals surface area (Å²) in [7, 11) is 1.65. The second-order valence-electron chi connectivity index (χ2n) is 6.04. The van der Waals surface area contributed by atoms with Crippen molar-refractivity contribution in [2.24, 2.45) is 0 Å². The van der Waals surface area contributed by atoms with Crippen LogP contribution in [0, 0.1) is 0 Å². The third-order valence-corrected chi connectivity index (χ3v) is 5.11. The first kappa shape index (κ1) is 19.1. The largest absolute Gasteiger partial charge is 0.497 e. The van der Waals surface area contributed by atoms with Crippen LogP contribution in [0.25, 0.3) is 17.1 Å². The molecule has 0 amide bonds. The fourth-order valence-corrected chi connectivity index (χ4v) is 3.59. The molecule has 0 aliphatic carbocycles. The predicted octanol–water partition coefficient (Wildman–Crippen LogP) is 4.62. The highest BCUT2D eigenvalue weighted by Gasteiger charge is 2.12. The van der Waals surface area contributed by atoms with Gasteiger partial charge in [0.1, 0.15) is 11.5 Å². The van der Waals surface area contributed by atoms with Crippen molar-refractivity contribution in [3.63, 3.8) is 0 Å². The zero-order chi connectivity index (χ0) is 20.1. The predicted molar refractivity (Wildman–Crippen MR) is 111 cm³/mol. The molecule has 0 unspecified atom stereocenters. The molecule has 2 aromatic carbocycles. The molecular weight excluding hydrogens is 388 g/mol. The Kier molecular flexibility index (Phi) is 5.81. The Morgan fingerprint density at radius 2 is 1.97 bits per heavy atom. The Bertz CT molecular complexity index is 1080. The lowest BCUT2D eigenvalue weighted by Gasteiger charge is -2.08. The number of rotatable bonds is 8. The third-order valence-electron chi connectivity index (χ3n) is 4.15. The topological polar surface area (TPSA) is 75.2 Å². The second-order valence-corrected chi connectivity index (χ2v) is 6.98. The van der Waals surface area contributed by atoms with Crippen LogP contribution in [0.3, 0.4) is 0 Å². The van der Waals surface area contributed by atoms with Crippen LogP contribution in [-0.4, -0.2) is 33.4 Å². The zero-order valence-electron chi connectivity index (χ0n) is 16.1. The molecular formula is C21H20N4O3S. The third kappa shape index (κ3) is 4.43. The van der Waals surface area contributed by atoms with E-state index < -0.39 is 0 Å². The summed E-state index contributed by atoms with van der Waals surface area (Å²) >= 11 is 1.53. The Balaban J connectivity index is 1.45. The van der Waals surface area contributed by atoms with Gasteiger partial charge in [0.2, 0.25) is 11.7 Å². The van der Waals surface area contributed by atoms with E-state index in [-0.39, 0.29) is 0 Å². The summed E-state index contributed by atoms with van der Waals surface area (Å²) in [5.74, 6) is 3.23. The quantitative estimate of drug-likeness (QED) is 0.394. The summed E-state index contributed by atoms with van der Waals surface area (Å²) in [5, 5.41) is 4.91. The van der Waals surface area contributed by atoms with Crippen molar-refractivity contribution in [3.05, 3.63) is 66.8 Å². The molecule has 0 bridgehead atoms. The number of imidazole rings is 1. The molecule has 0 spiro atoms. The first-order valence-electron chi connectivity index (χ1n) is 9.13. The second kappa shape index (κ2) is 8.83. The zero-order valence-corrected chi connectivity index (χ0v) is 16.9. The van der Waals surface area contributed by atoms with Gasteiger partial charge in [0.25, 0.3) is 0 Å². The molecule has 0 radical (unpaired) electrons. The molecule has 0 fully saturated rings. The first-order chi connectivity index (χ1) is 14.3. The lowest BCUT2D eigenvalue weighted by molar-refractivity contribution is 0.340. The summed E-state index contributed by atoms with van der Waals surface area (Å²) in [6.45, 7) is 2.59. The monoisotopic (exact) mass is 408 g/mol. The van der Waals surface area contributed by atoms with E-state index in [0.29, 0.717) is 24.1 Å². The maximum Gasteiger partial charge on any atom is 0.237 e. The van der Waals surface area contributed by atoms with Gasteiger partial charge in [0.15, 0.2) is 5.16 Å². The minimum atomic E-state index is 0.519. The molecule has 0 saturated carbocycles. The number of nitrogens with zero attached hydrogens (tertiary/aromatic N) is 4. The van der Waals surface area contributed by atoms with Crippen molar-refractivity contribution in [1.29, 1.82) is 0 Å². The normalized spacial score (nSPS) is 10.8. The number of hydrogen-bond donors (Lipinski definition) is 0. The Morgan fingerprint density at radius 1 is 1.10 bits per heavy atom. The molecule has 29 heavy (non-hydrogen) atoms. The molecule has 8 heteroatoms. The van der Waals surface area contributed by atoms with Gasteiger partial charge < -0.3 is 14.0 Å². The van der Waals surface area contributed by atoms with Crippen LogP contribution in [0.5, 0.6) is 11.5 Å². The van der Waals surface area contributed by atoms with E-state index in [9.17, 15) is 0 Å². The van der Waals surface area contributed by atoms with E-state index >= 15 is 0 Å². The van der Waals surface area contributed by atoms with Crippen LogP contribution in [-0.2, 0) is 5.75 Å². The highest BCUT2D eigenvalue weighted by molar-refractivity contribution is 7.98. The molecule has 148 valence electrons. The van der Waals surface area contributed by atoms with Gasteiger partial charge in [-0.1, -0.05) is 23.0 Å². The standard InChI is InChI=1S/C21H20N4O3S/c1-3-27-17-9-7-15(8-10-17)20-23-19(28-24-20)14-29-21-22-11-12-25(21)16-5-4-6-18(13-16)26-2/h4-13H,3,14H2,1-2H3. The van der Waals surface area contributed by atoms with Gasteiger partial charge >= 0.3 is 0 Å². The lowest BCUT2D eigenvalue weighted by atomic mass is 10.2. The van der Waals surface area contributed by atoms with Crippen molar-refractivity contribution in [3.8, 4) is 28.6 Å². The Labute approximate surface area is 172 Å². The Morgan fingerprint density at radius 3 is 2.76 bits per heavy atom. The summed E-state index contributed by atoms with van der Waals surface area (Å²) in [4.78, 5) is 8.93. The van der Waals surface area contributed by atoms with Gasteiger partial charge in [-0.15, -0.1) is 0 Å². The highest BCUT2D eigenvalue weighted by Crippen LogP contribution is 2.26. The number of methoxy groups -OCH3 is 1. The number of hydrogen-bond acceptors (Lipinski definition) is 7. The van der Waals surface area contributed by atoms with Crippen LogP contribution < -0.4 is 9.47 Å². The summed E-state index contributed by atoms with van der Waals surface area (Å²) in [6.07, 6.45) is 3.68. The molecule has 0 atom stereocenters. The molecule has 0 aliphatic heterocycles. The van der Waals surface area contributed by atoms with E-state index in [2.05, 4.69) is 15.1 Å². The molecule has 0 aliphatic rings. The van der Waals surface area contributed by atoms with Gasteiger partial charge in [-0.3, -0.25) is 4.57 Å². The van der Waals surface area contributed by atoms with Crippen LogP contribution >= 0.6 is 11.8 Å². The molecule has 2 heterocycles. The van der Waals surface area contributed by atoms with Crippen LogP contribution in [0.1, 0.15) is 12.8 Å². The van der Waals surface area contributed by atoms with Crippen molar-refractivity contribution in [1.82, 2.24) is 19.7 Å². The van der Waals surface area contributed by atoms with Crippen molar-refractivity contribution in [2.75, 3.05) is 13.7 Å². The lowest BCUT2D eigenvalue weighted by Crippen LogP contribution is -1.96. The van der Waals surface area contributed by atoms with Crippen LogP contribution in [0.2, 0.25) is 0 Å². The van der Waals surface area contributed by atoms with Crippen molar-refractivity contribution >= 4 is 11.8 Å². The Hall–Kier alpha value is -3.26. The van der Waals surface area contributed by atoms with Crippen LogP contribution in [0.15, 0.2) is 70.6 Å². The number of aromatic nitrogens is 4. The van der Waals surface area contributed by atoms with Crippen molar-refractivity contribution in [2.45, 2.75) is 17.8 Å². The summed E-state index contributed by atoms with van der Waals surface area (Å²) in [5.41, 5.74) is 1.86. The highest BCUT2D eigenvalue weighted by atomic mass is 32.2. The van der Waals surface area contributed by atoms with Crippen LogP contribution in [0.4, 0.5) is 0 Å². The molecule has 2 aromatic heterocycles. The SMILES string of the molecule is CCOc1ccc(-c2noc(CSc3nccn3-c3cccc(OC)c3)n2)cc1. The first-order valence-corrected chi connectivity index (χ1v) is 10.1. The van der Waals surface area contributed by atoms with Crippen molar-refractivity contribution < 1.29 is 14.0 Å². The van der Waals surface area contributed by atoms with E-state index in [1.54, 1.807) is 13.3 Å². The number of thioether (sulfide) groups is 1. The minimum Gasteiger partial charge on any atom is -0.497 e. The molecule has 4 aromatic rings. The smallest absolute Gasteiger partial charge is 0.237 e. The maximum absolute atomic E-state index is 5.46. The minimum absolute atomic E-state index is 0.519. The van der Waals surface area contributed by atoms with Gasteiger partial charge in [-0.2, -0.15) is 4.98 Å². The molecule has 4 rings (SSSR count). The molecule has 0 saturated heterocycles. The van der Waals surface area contributed by atoms with Gasteiger partial charge in [0, 0.05) is 24.0 Å². The fourth-order valence-electron chi connectivity index (χ4n) is 2.78. The van der Waals surface area contributed by atoms with E-state index in [4.69, 9.17) is 14.0 Å². The number of benzene rings is 2. The van der Waals surface area contributed by atoms with E-state index in [1.165, 1.54) is 11.8 Å². The molecule has 7 nitrogen and oxygen atoms in total. The number of ether oxygens (including phenoxy) is 2. The fraction of sp³-hybridized carbons (Fsp3) is 0.190. The van der Waals surface area contributed by atoms with Gasteiger partial charge in [-0.25, -0.2) is 4.98 Å². The van der Waals surface area contributed by atoms with Gasteiger partial charge in [0.05, 0.1) is 25.2 Å². The summed E-state index contributed by atoms with van der Waals surface area (Å²) < 4.78 is 18.2. The average molecular weight is 408 g/mol. The van der Waals surface area contributed by atoms with E-state index in [0.717, 1.165) is 27.9 Å². The van der Waals surface area contributed by atoms with Gasteiger partial charge in [-0.05, 0) is 43.3 Å².